The van der Waals surface area contributed by atoms with Gasteiger partial charge >= 0.3 is 5.97 Å². The van der Waals surface area contributed by atoms with E-state index in [0.717, 1.165) is 17.1 Å². The summed E-state index contributed by atoms with van der Waals surface area (Å²) in [4.78, 5) is 23.0. The smallest absolute Gasteiger partial charge is 0.306 e. The summed E-state index contributed by atoms with van der Waals surface area (Å²) in [5, 5.41) is 11.8. The molecular weight excluding hydrogens is 286 g/mol. The number of rotatable bonds is 4. The van der Waals surface area contributed by atoms with Crippen LogP contribution in [0.1, 0.15) is 18.4 Å². The standard InChI is InChI=1S/C16H19NO5/c1-21-13-2-3-14-9(7-13)4-11(8-22-14)15(18)17-12-5-10(6-12)16(19)20/h2-3,7,10-12H,4-6,8H2,1H3,(H,17,18)(H,19,20). The lowest BCUT2D eigenvalue weighted by atomic mass is 9.80. The Morgan fingerprint density at radius 1 is 1.32 bits per heavy atom. The number of hydrogen-bond acceptors (Lipinski definition) is 4. The number of amides is 1. The molecule has 1 atom stereocenters. The molecule has 1 aromatic carbocycles. The van der Waals surface area contributed by atoms with Crippen molar-refractivity contribution in [3.63, 3.8) is 0 Å². The van der Waals surface area contributed by atoms with Gasteiger partial charge in [-0.3, -0.25) is 9.59 Å². The van der Waals surface area contributed by atoms with E-state index in [2.05, 4.69) is 5.32 Å². The summed E-state index contributed by atoms with van der Waals surface area (Å²) in [6, 6.07) is 5.55. The topological polar surface area (TPSA) is 84.9 Å². The minimum atomic E-state index is -0.785. The van der Waals surface area contributed by atoms with Crippen LogP contribution >= 0.6 is 0 Å². The summed E-state index contributed by atoms with van der Waals surface area (Å²) in [6.07, 6.45) is 1.63. The summed E-state index contributed by atoms with van der Waals surface area (Å²) < 4.78 is 10.8. The second-order valence-corrected chi connectivity index (χ2v) is 5.90. The third-order valence-corrected chi connectivity index (χ3v) is 4.38. The molecule has 0 radical (unpaired) electrons. The first-order chi connectivity index (χ1) is 10.6. The molecule has 0 bridgehead atoms. The average Bonchev–Trinajstić information content (AvgIpc) is 2.48. The number of nitrogens with one attached hydrogen (secondary N) is 1. The van der Waals surface area contributed by atoms with Gasteiger partial charge in [0, 0.05) is 6.04 Å². The Morgan fingerprint density at radius 2 is 2.09 bits per heavy atom. The first kappa shape index (κ1) is 14.7. The SMILES string of the molecule is COc1ccc2c(c1)CC(C(=O)NC1CC(C(=O)O)C1)CO2. The third kappa shape index (κ3) is 2.86. The number of carboxylic acid groups (broad SMARTS) is 1. The highest BCUT2D eigenvalue weighted by molar-refractivity contribution is 5.80. The van der Waals surface area contributed by atoms with Crippen molar-refractivity contribution in [2.24, 2.45) is 11.8 Å². The molecule has 22 heavy (non-hydrogen) atoms. The van der Waals surface area contributed by atoms with E-state index in [0.29, 0.717) is 25.9 Å². The summed E-state index contributed by atoms with van der Waals surface area (Å²) in [5.41, 5.74) is 0.961. The van der Waals surface area contributed by atoms with Crippen molar-refractivity contribution in [1.29, 1.82) is 0 Å². The maximum atomic E-state index is 12.3. The fourth-order valence-electron chi connectivity index (χ4n) is 2.92. The zero-order valence-electron chi connectivity index (χ0n) is 12.4. The lowest BCUT2D eigenvalue weighted by Crippen LogP contribution is -2.49. The molecule has 1 aromatic rings. The maximum absolute atomic E-state index is 12.3. The van der Waals surface area contributed by atoms with Gasteiger partial charge in [0.15, 0.2) is 0 Å². The van der Waals surface area contributed by atoms with E-state index in [1.807, 2.05) is 18.2 Å². The number of methoxy groups -OCH3 is 1. The predicted molar refractivity (Wildman–Crippen MR) is 78.0 cm³/mol. The van der Waals surface area contributed by atoms with Crippen LogP contribution in [-0.4, -0.2) is 36.7 Å². The van der Waals surface area contributed by atoms with Crippen molar-refractivity contribution in [1.82, 2.24) is 5.32 Å². The summed E-state index contributed by atoms with van der Waals surface area (Å²) >= 11 is 0. The predicted octanol–water partition coefficient (Wildman–Crippen LogP) is 1.23. The summed E-state index contributed by atoms with van der Waals surface area (Å²) in [6.45, 7) is 0.347. The lowest BCUT2D eigenvalue weighted by molar-refractivity contribution is -0.146. The van der Waals surface area contributed by atoms with Crippen LogP contribution in [0.25, 0.3) is 0 Å². The molecule has 0 spiro atoms. The minimum absolute atomic E-state index is 0.0275. The molecule has 1 heterocycles. The molecule has 2 aliphatic rings. The largest absolute Gasteiger partial charge is 0.497 e. The van der Waals surface area contributed by atoms with Crippen LogP contribution in [0, 0.1) is 11.8 Å². The van der Waals surface area contributed by atoms with Gasteiger partial charge < -0.3 is 19.9 Å². The molecule has 1 aliphatic carbocycles. The monoisotopic (exact) mass is 305 g/mol. The van der Waals surface area contributed by atoms with Crippen LogP contribution in [0.2, 0.25) is 0 Å². The molecule has 0 aromatic heterocycles. The van der Waals surface area contributed by atoms with E-state index < -0.39 is 5.97 Å². The Balaban J connectivity index is 1.57. The number of ether oxygens (including phenoxy) is 2. The maximum Gasteiger partial charge on any atom is 0.306 e. The van der Waals surface area contributed by atoms with Gasteiger partial charge in [-0.15, -0.1) is 0 Å². The Kier molecular flexibility index (Phi) is 3.92. The zero-order valence-corrected chi connectivity index (χ0v) is 12.4. The molecule has 1 fully saturated rings. The van der Waals surface area contributed by atoms with E-state index in [9.17, 15) is 9.59 Å². The van der Waals surface area contributed by atoms with Gasteiger partial charge in [-0.05, 0) is 43.0 Å². The first-order valence-electron chi connectivity index (χ1n) is 7.39. The number of benzene rings is 1. The van der Waals surface area contributed by atoms with Gasteiger partial charge in [0.2, 0.25) is 5.91 Å². The van der Waals surface area contributed by atoms with Gasteiger partial charge in [0.05, 0.1) is 18.9 Å². The molecule has 1 saturated carbocycles. The van der Waals surface area contributed by atoms with Gasteiger partial charge in [0.25, 0.3) is 0 Å². The molecule has 118 valence electrons. The third-order valence-electron chi connectivity index (χ3n) is 4.38. The highest BCUT2D eigenvalue weighted by Gasteiger charge is 2.37. The first-order valence-corrected chi connectivity index (χ1v) is 7.39. The van der Waals surface area contributed by atoms with Crippen molar-refractivity contribution >= 4 is 11.9 Å². The van der Waals surface area contributed by atoms with Crippen molar-refractivity contribution in [3.8, 4) is 11.5 Å². The number of hydrogen-bond donors (Lipinski definition) is 2. The molecule has 1 unspecified atom stereocenters. The quantitative estimate of drug-likeness (QED) is 0.874. The fraction of sp³-hybridized carbons (Fsp3) is 0.500. The molecule has 3 rings (SSSR count). The Bertz CT molecular complexity index is 594. The second kappa shape index (κ2) is 5.87. The summed E-state index contributed by atoms with van der Waals surface area (Å²) in [7, 11) is 1.60. The van der Waals surface area contributed by atoms with Crippen LogP contribution in [0.5, 0.6) is 11.5 Å². The Hall–Kier alpha value is -2.24. The zero-order chi connectivity index (χ0) is 15.7. The van der Waals surface area contributed by atoms with Gasteiger partial charge in [-0.25, -0.2) is 0 Å². The Labute approximate surface area is 128 Å². The van der Waals surface area contributed by atoms with Crippen LogP contribution in [-0.2, 0) is 16.0 Å². The highest BCUT2D eigenvalue weighted by Crippen LogP contribution is 2.32. The fourth-order valence-corrected chi connectivity index (χ4v) is 2.92. The number of aliphatic carboxylic acids is 1. The molecule has 1 amide bonds. The van der Waals surface area contributed by atoms with Crippen LogP contribution in [0.15, 0.2) is 18.2 Å². The lowest BCUT2D eigenvalue weighted by Gasteiger charge is -2.34. The van der Waals surface area contributed by atoms with E-state index in [-0.39, 0.29) is 23.8 Å². The van der Waals surface area contributed by atoms with E-state index >= 15 is 0 Å². The molecule has 1 aliphatic heterocycles. The second-order valence-electron chi connectivity index (χ2n) is 5.90. The average molecular weight is 305 g/mol. The van der Waals surface area contributed by atoms with E-state index in [1.54, 1.807) is 7.11 Å². The van der Waals surface area contributed by atoms with Crippen molar-refractivity contribution in [3.05, 3.63) is 23.8 Å². The van der Waals surface area contributed by atoms with E-state index in [1.165, 1.54) is 0 Å². The number of carbonyl (C=O) groups excluding carboxylic acids is 1. The van der Waals surface area contributed by atoms with Crippen LogP contribution < -0.4 is 14.8 Å². The van der Waals surface area contributed by atoms with Gasteiger partial charge in [-0.1, -0.05) is 0 Å². The minimum Gasteiger partial charge on any atom is -0.497 e. The number of fused-ring (bicyclic) bond motifs is 1. The van der Waals surface area contributed by atoms with Gasteiger partial charge in [0.1, 0.15) is 18.1 Å². The van der Waals surface area contributed by atoms with Crippen molar-refractivity contribution in [2.45, 2.75) is 25.3 Å². The molecule has 6 heteroatoms. The normalized spacial score (nSPS) is 26.1. The van der Waals surface area contributed by atoms with Gasteiger partial charge in [-0.2, -0.15) is 0 Å². The Morgan fingerprint density at radius 3 is 2.77 bits per heavy atom. The molecular formula is C16H19NO5. The van der Waals surface area contributed by atoms with E-state index in [4.69, 9.17) is 14.6 Å². The number of carboxylic acids is 1. The summed E-state index contributed by atoms with van der Waals surface area (Å²) in [5.74, 6) is 0.113. The molecule has 2 N–H and O–H groups in total. The molecule has 6 nitrogen and oxygen atoms in total. The number of carbonyl (C=O) groups is 2. The van der Waals surface area contributed by atoms with Crippen molar-refractivity contribution < 1.29 is 24.2 Å². The van der Waals surface area contributed by atoms with Crippen LogP contribution in [0.3, 0.4) is 0 Å². The molecule has 0 saturated heterocycles. The highest BCUT2D eigenvalue weighted by atomic mass is 16.5. The van der Waals surface area contributed by atoms with Crippen LogP contribution in [0.4, 0.5) is 0 Å². The van der Waals surface area contributed by atoms with Crippen molar-refractivity contribution in [2.75, 3.05) is 13.7 Å².